The minimum Gasteiger partial charge on any atom is -0.466 e. The van der Waals surface area contributed by atoms with Crippen molar-refractivity contribution in [1.29, 1.82) is 0 Å². The summed E-state index contributed by atoms with van der Waals surface area (Å²) in [5.41, 5.74) is -1.39. The number of methoxy groups -OCH3 is 1. The Bertz CT molecular complexity index is 936. The number of fused-ring (bicyclic) bond motifs is 3. The molecule has 0 saturated carbocycles. The molecule has 0 bridgehead atoms. The van der Waals surface area contributed by atoms with Gasteiger partial charge in [0.05, 0.1) is 49.3 Å². The molecule has 1 aromatic rings. The van der Waals surface area contributed by atoms with Crippen LogP contribution in [0, 0.1) is 0 Å². The molecule has 0 amide bonds. The average Bonchev–Trinajstić information content (AvgIpc) is 2.81. The van der Waals surface area contributed by atoms with Gasteiger partial charge in [0.15, 0.2) is 6.29 Å². The number of benzene rings is 1. The van der Waals surface area contributed by atoms with E-state index in [9.17, 15) is 9.90 Å². The normalized spacial score (nSPS) is 46.3. The molecule has 4 aliphatic heterocycles. The highest BCUT2D eigenvalue weighted by Crippen LogP contribution is 2.52. The highest BCUT2D eigenvalue weighted by molar-refractivity contribution is 5.82. The van der Waals surface area contributed by atoms with E-state index < -0.39 is 35.2 Å². The molecule has 5 rings (SSSR count). The van der Waals surface area contributed by atoms with Gasteiger partial charge < -0.3 is 33.5 Å². The second-order valence-electron chi connectivity index (χ2n) is 10.5. The van der Waals surface area contributed by atoms with Gasteiger partial charge in [0.25, 0.3) is 0 Å². The van der Waals surface area contributed by atoms with Crippen LogP contribution in [0.4, 0.5) is 0 Å². The van der Waals surface area contributed by atoms with E-state index in [1.807, 2.05) is 37.3 Å². The predicted molar refractivity (Wildman–Crippen MR) is 121 cm³/mol. The van der Waals surface area contributed by atoms with Crippen LogP contribution in [0.1, 0.15) is 51.9 Å². The summed E-state index contributed by atoms with van der Waals surface area (Å²) in [6.07, 6.45) is 2.38. The van der Waals surface area contributed by atoms with E-state index >= 15 is 0 Å². The van der Waals surface area contributed by atoms with Crippen molar-refractivity contribution in [1.82, 2.24) is 0 Å². The van der Waals surface area contributed by atoms with E-state index in [4.69, 9.17) is 28.4 Å². The number of esters is 1. The maximum Gasteiger partial charge on any atom is 0.330 e. The molecule has 0 unspecified atom stereocenters. The molecule has 8 heteroatoms. The van der Waals surface area contributed by atoms with Gasteiger partial charge in [-0.15, -0.1) is 0 Å². The van der Waals surface area contributed by atoms with Crippen LogP contribution >= 0.6 is 0 Å². The molecular formula is C26H34O8. The number of carbonyl (C=O) groups excluding carboxylic acids is 1. The molecule has 1 aromatic carbocycles. The fourth-order valence-corrected chi connectivity index (χ4v) is 5.93. The molecule has 4 fully saturated rings. The molecule has 4 heterocycles. The molecule has 0 aromatic heterocycles. The number of carbonyl (C=O) groups is 1. The summed E-state index contributed by atoms with van der Waals surface area (Å²) in [5.74, 6) is -0.496. The first-order valence-corrected chi connectivity index (χ1v) is 11.9. The van der Waals surface area contributed by atoms with Crippen LogP contribution in [0.15, 0.2) is 42.5 Å². The van der Waals surface area contributed by atoms with Gasteiger partial charge in [0.1, 0.15) is 11.7 Å². The Morgan fingerprint density at radius 3 is 2.53 bits per heavy atom. The van der Waals surface area contributed by atoms with Gasteiger partial charge >= 0.3 is 5.97 Å². The molecular weight excluding hydrogens is 440 g/mol. The highest BCUT2D eigenvalue weighted by atomic mass is 16.7. The number of rotatable bonds is 3. The summed E-state index contributed by atoms with van der Waals surface area (Å²) >= 11 is 0. The summed E-state index contributed by atoms with van der Waals surface area (Å²) < 4.78 is 36.6. The highest BCUT2D eigenvalue weighted by Gasteiger charge is 2.62. The Kier molecular flexibility index (Phi) is 6.11. The van der Waals surface area contributed by atoms with Gasteiger partial charge in [-0.25, -0.2) is 4.79 Å². The largest absolute Gasteiger partial charge is 0.466 e. The fraction of sp³-hybridized carbons (Fsp3) is 0.654. The van der Waals surface area contributed by atoms with Gasteiger partial charge in [-0.1, -0.05) is 30.3 Å². The van der Waals surface area contributed by atoms with E-state index in [0.29, 0.717) is 25.9 Å². The monoisotopic (exact) mass is 474 g/mol. The molecule has 4 saturated heterocycles. The first-order valence-electron chi connectivity index (χ1n) is 11.9. The standard InChI is InChI=1S/C26H34O8/c1-24(11-10-22(28)29-4)19(27)13-21-26(3,34-24)15-25(2)20(32-21)12-17-18(33-25)14-30-23(31-17)16-8-6-5-7-9-16/h5-11,17-21,23,27H,12-15H2,1-4H3/b11-10+/t17-,18+,19+,20+,21-,23+,24-,25-,26+/m1/s1. The zero-order valence-electron chi connectivity index (χ0n) is 20.1. The zero-order chi connectivity index (χ0) is 24.1. The van der Waals surface area contributed by atoms with Crippen molar-refractivity contribution in [2.75, 3.05) is 13.7 Å². The van der Waals surface area contributed by atoms with Crippen LogP contribution in [-0.2, 0) is 33.2 Å². The molecule has 1 N–H and O–H groups in total. The average molecular weight is 475 g/mol. The quantitative estimate of drug-likeness (QED) is 0.528. The van der Waals surface area contributed by atoms with Crippen LogP contribution in [0.5, 0.6) is 0 Å². The Balaban J connectivity index is 1.32. The number of ether oxygens (including phenoxy) is 6. The van der Waals surface area contributed by atoms with Gasteiger partial charge in [0.2, 0.25) is 0 Å². The SMILES string of the molecule is COC(=O)/C=C/[C@@]1(C)O[C@@]2(C)C[C@@]3(C)O[C@H]4CO[C@H](c5ccccc5)O[C@@H]4C[C@@H]3O[C@@H]2C[C@@H]1O. The van der Waals surface area contributed by atoms with Crippen molar-refractivity contribution >= 4 is 5.97 Å². The Morgan fingerprint density at radius 2 is 1.79 bits per heavy atom. The van der Waals surface area contributed by atoms with E-state index in [1.165, 1.54) is 13.2 Å². The van der Waals surface area contributed by atoms with Crippen molar-refractivity contribution in [2.24, 2.45) is 0 Å². The summed E-state index contributed by atoms with van der Waals surface area (Å²) in [7, 11) is 1.31. The van der Waals surface area contributed by atoms with Crippen molar-refractivity contribution in [3.05, 3.63) is 48.0 Å². The lowest BCUT2D eigenvalue weighted by molar-refractivity contribution is -0.375. The van der Waals surface area contributed by atoms with E-state index in [1.54, 1.807) is 13.0 Å². The second-order valence-corrected chi connectivity index (χ2v) is 10.5. The van der Waals surface area contributed by atoms with E-state index in [2.05, 4.69) is 6.92 Å². The Labute approximate surface area is 200 Å². The molecule has 0 spiro atoms. The minimum absolute atomic E-state index is 0.149. The molecule has 0 radical (unpaired) electrons. The maximum absolute atomic E-state index is 11.6. The third kappa shape index (κ3) is 4.21. The Morgan fingerprint density at radius 1 is 1.06 bits per heavy atom. The van der Waals surface area contributed by atoms with E-state index in [0.717, 1.165) is 5.56 Å². The first kappa shape index (κ1) is 23.9. The fourth-order valence-electron chi connectivity index (χ4n) is 5.93. The second kappa shape index (κ2) is 8.69. The van der Waals surface area contributed by atoms with Gasteiger partial charge in [-0.2, -0.15) is 0 Å². The van der Waals surface area contributed by atoms with Crippen LogP contribution in [-0.4, -0.2) is 72.1 Å². The van der Waals surface area contributed by atoms with Gasteiger partial charge in [-0.05, 0) is 26.8 Å². The summed E-state index contributed by atoms with van der Waals surface area (Å²) in [6, 6.07) is 9.89. The number of hydrogen-bond acceptors (Lipinski definition) is 8. The van der Waals surface area contributed by atoms with Crippen LogP contribution in [0.2, 0.25) is 0 Å². The van der Waals surface area contributed by atoms with Gasteiger partial charge in [-0.3, -0.25) is 0 Å². The molecule has 4 aliphatic rings. The Hall–Kier alpha value is -1.81. The predicted octanol–water partition coefficient (Wildman–Crippen LogP) is 2.83. The van der Waals surface area contributed by atoms with Crippen molar-refractivity contribution in [2.45, 2.75) is 93.6 Å². The van der Waals surface area contributed by atoms with Gasteiger partial charge in [0, 0.05) is 30.9 Å². The molecule has 9 atom stereocenters. The maximum atomic E-state index is 11.6. The number of aliphatic hydroxyl groups excluding tert-OH is 1. The summed E-state index contributed by atoms with van der Waals surface area (Å²) in [5, 5.41) is 10.9. The van der Waals surface area contributed by atoms with Crippen LogP contribution in [0.3, 0.4) is 0 Å². The number of aliphatic hydroxyl groups is 1. The lowest BCUT2D eigenvalue weighted by Crippen LogP contribution is -2.71. The van der Waals surface area contributed by atoms with Crippen molar-refractivity contribution < 1.29 is 38.3 Å². The van der Waals surface area contributed by atoms with Crippen molar-refractivity contribution in [3.8, 4) is 0 Å². The number of hydrogen-bond donors (Lipinski definition) is 1. The lowest BCUT2D eigenvalue weighted by Gasteiger charge is -2.61. The molecule has 0 aliphatic carbocycles. The summed E-state index contributed by atoms with van der Waals surface area (Å²) in [4.78, 5) is 11.6. The smallest absolute Gasteiger partial charge is 0.330 e. The van der Waals surface area contributed by atoms with Crippen molar-refractivity contribution in [3.63, 3.8) is 0 Å². The minimum atomic E-state index is -1.05. The van der Waals surface area contributed by atoms with Crippen LogP contribution in [0.25, 0.3) is 0 Å². The van der Waals surface area contributed by atoms with E-state index in [-0.39, 0.29) is 24.4 Å². The third-order valence-corrected chi connectivity index (χ3v) is 7.76. The topological polar surface area (TPSA) is 92.7 Å². The lowest BCUT2D eigenvalue weighted by atomic mass is 9.71. The molecule has 34 heavy (non-hydrogen) atoms. The van der Waals surface area contributed by atoms with Crippen LogP contribution < -0.4 is 0 Å². The summed E-state index contributed by atoms with van der Waals surface area (Å²) in [6.45, 7) is 6.25. The third-order valence-electron chi connectivity index (χ3n) is 7.76. The molecule has 186 valence electrons. The molecule has 8 nitrogen and oxygen atoms in total. The zero-order valence-corrected chi connectivity index (χ0v) is 20.1. The first-order chi connectivity index (χ1) is 16.1.